The number of fused-ring (bicyclic) bond motifs is 4. The van der Waals surface area contributed by atoms with Crippen molar-refractivity contribution >= 4 is 28.7 Å². The number of rotatable bonds is 4. The van der Waals surface area contributed by atoms with Crippen molar-refractivity contribution in [3.8, 4) is 11.5 Å². The van der Waals surface area contributed by atoms with E-state index >= 15 is 0 Å². The van der Waals surface area contributed by atoms with Crippen molar-refractivity contribution < 1.29 is 19.1 Å². The second-order valence-electron chi connectivity index (χ2n) is 10.5. The highest BCUT2D eigenvalue weighted by Gasteiger charge is 2.55. The van der Waals surface area contributed by atoms with E-state index in [0.717, 1.165) is 39.6 Å². The Kier molecular flexibility index (Phi) is 6.29. The zero-order chi connectivity index (χ0) is 26.6. The Morgan fingerprint density at radius 3 is 2.68 bits per heavy atom. The lowest BCUT2D eigenvalue weighted by Gasteiger charge is -2.44. The standard InChI is InChI=1S/C29H34N4O4S/c1-5-33-28(35)32-17-19-15-20(36-3)16-22(37-4)25(19)18(2)14-24(32)29(33)10-12-31(13-11-29)27(34)26-30-21-8-6-7-9-23(21)38-26/h6-7,9,14-16,18,21H,5,8,10-13,17H2,1-4H3/t18-,21?/m0/s1. The van der Waals surface area contributed by atoms with Gasteiger partial charge in [0.15, 0.2) is 5.04 Å². The van der Waals surface area contributed by atoms with Crippen LogP contribution in [0.2, 0.25) is 0 Å². The lowest BCUT2D eigenvalue weighted by Crippen LogP contribution is -2.55. The molecule has 1 unspecified atom stereocenters. The topological polar surface area (TPSA) is 74.7 Å². The van der Waals surface area contributed by atoms with Gasteiger partial charge >= 0.3 is 6.03 Å². The minimum atomic E-state index is -0.429. The summed E-state index contributed by atoms with van der Waals surface area (Å²) >= 11 is 1.51. The van der Waals surface area contributed by atoms with Gasteiger partial charge in [0.1, 0.15) is 11.5 Å². The first-order valence-electron chi connectivity index (χ1n) is 13.4. The Bertz CT molecular complexity index is 1310. The number of allylic oxidation sites excluding steroid dienone is 3. The fraction of sp³-hybridized carbons (Fsp3) is 0.483. The van der Waals surface area contributed by atoms with Gasteiger partial charge in [-0.15, -0.1) is 0 Å². The Morgan fingerprint density at radius 2 is 2.00 bits per heavy atom. The van der Waals surface area contributed by atoms with Crippen molar-refractivity contribution in [1.29, 1.82) is 0 Å². The number of carbonyl (C=O) groups is 2. The summed E-state index contributed by atoms with van der Waals surface area (Å²) < 4.78 is 11.3. The van der Waals surface area contributed by atoms with Crippen molar-refractivity contribution in [2.24, 2.45) is 4.99 Å². The largest absolute Gasteiger partial charge is 0.497 e. The van der Waals surface area contributed by atoms with Crippen LogP contribution in [-0.2, 0) is 11.3 Å². The molecule has 2 atom stereocenters. The van der Waals surface area contributed by atoms with Crippen LogP contribution in [0.1, 0.15) is 50.2 Å². The van der Waals surface area contributed by atoms with Crippen LogP contribution in [0.3, 0.4) is 0 Å². The maximum Gasteiger partial charge on any atom is 0.325 e. The van der Waals surface area contributed by atoms with Crippen molar-refractivity contribution in [3.05, 3.63) is 58.2 Å². The average molecular weight is 535 g/mol. The summed E-state index contributed by atoms with van der Waals surface area (Å²) in [5.41, 5.74) is 2.75. The van der Waals surface area contributed by atoms with Crippen LogP contribution >= 0.6 is 11.8 Å². The van der Waals surface area contributed by atoms with Crippen molar-refractivity contribution in [2.75, 3.05) is 33.9 Å². The lowest BCUT2D eigenvalue weighted by molar-refractivity contribution is -0.125. The van der Waals surface area contributed by atoms with E-state index in [1.807, 2.05) is 39.8 Å². The number of urea groups is 1. The molecule has 0 bridgehead atoms. The molecule has 0 N–H and O–H groups in total. The van der Waals surface area contributed by atoms with Crippen LogP contribution in [-0.4, -0.2) is 77.1 Å². The molecule has 6 rings (SSSR count). The number of hydrogen-bond donors (Lipinski definition) is 0. The number of benzene rings is 1. The second kappa shape index (κ2) is 9.52. The van der Waals surface area contributed by atoms with Gasteiger partial charge in [0.2, 0.25) is 0 Å². The summed E-state index contributed by atoms with van der Waals surface area (Å²) in [4.78, 5) is 39.0. The van der Waals surface area contributed by atoms with Gasteiger partial charge in [0.25, 0.3) is 5.91 Å². The van der Waals surface area contributed by atoms with E-state index in [-0.39, 0.29) is 23.9 Å². The molecule has 1 aliphatic carbocycles. The van der Waals surface area contributed by atoms with E-state index in [1.165, 1.54) is 11.8 Å². The van der Waals surface area contributed by atoms with Crippen LogP contribution in [0.5, 0.6) is 11.5 Å². The molecule has 2 fully saturated rings. The number of methoxy groups -OCH3 is 2. The number of hydrogen-bond acceptors (Lipinski definition) is 6. The molecule has 0 aromatic heterocycles. The molecule has 1 aromatic rings. The highest BCUT2D eigenvalue weighted by molar-refractivity contribution is 8.19. The molecule has 2 saturated heterocycles. The number of ether oxygens (including phenoxy) is 2. The maximum atomic E-state index is 13.8. The van der Waals surface area contributed by atoms with Gasteiger partial charge in [-0.2, -0.15) is 0 Å². The third kappa shape index (κ3) is 3.77. The quantitative estimate of drug-likeness (QED) is 0.561. The molecular weight excluding hydrogens is 500 g/mol. The first-order valence-corrected chi connectivity index (χ1v) is 14.2. The zero-order valence-electron chi connectivity index (χ0n) is 22.4. The minimum Gasteiger partial charge on any atom is -0.497 e. The molecule has 38 heavy (non-hydrogen) atoms. The van der Waals surface area contributed by atoms with Gasteiger partial charge < -0.3 is 19.3 Å². The van der Waals surface area contributed by atoms with Crippen LogP contribution in [0.4, 0.5) is 4.79 Å². The molecule has 5 aliphatic rings. The summed E-state index contributed by atoms with van der Waals surface area (Å²) in [6.07, 6.45) is 10.7. The number of carbonyl (C=O) groups excluding carboxylic acids is 2. The van der Waals surface area contributed by atoms with E-state index < -0.39 is 5.54 Å². The molecular formula is C29H34N4O4S. The molecule has 8 nitrogen and oxygen atoms in total. The number of thioether (sulfide) groups is 1. The lowest BCUT2D eigenvalue weighted by atomic mass is 9.82. The number of aliphatic imine (C=N–C) groups is 1. The average Bonchev–Trinajstić information content (AvgIpc) is 3.40. The highest BCUT2D eigenvalue weighted by atomic mass is 32.2. The second-order valence-corrected chi connectivity index (χ2v) is 11.5. The van der Waals surface area contributed by atoms with Gasteiger partial charge in [-0.25, -0.2) is 4.79 Å². The number of amides is 3. The van der Waals surface area contributed by atoms with E-state index in [1.54, 1.807) is 14.2 Å². The van der Waals surface area contributed by atoms with Crippen LogP contribution < -0.4 is 9.47 Å². The monoisotopic (exact) mass is 534 g/mol. The molecule has 4 aliphatic heterocycles. The van der Waals surface area contributed by atoms with Gasteiger partial charge in [-0.1, -0.05) is 43.0 Å². The van der Waals surface area contributed by atoms with Crippen molar-refractivity contribution in [2.45, 2.75) is 57.2 Å². The third-order valence-electron chi connectivity index (χ3n) is 8.54. The summed E-state index contributed by atoms with van der Waals surface area (Å²) in [5.74, 6) is 1.56. The zero-order valence-corrected chi connectivity index (χ0v) is 23.2. The van der Waals surface area contributed by atoms with E-state index in [2.05, 4.69) is 25.2 Å². The summed E-state index contributed by atoms with van der Waals surface area (Å²) in [6.45, 7) is 6.47. The van der Waals surface area contributed by atoms with E-state index in [9.17, 15) is 9.59 Å². The molecule has 0 saturated carbocycles. The van der Waals surface area contributed by atoms with Crippen LogP contribution in [0.25, 0.3) is 0 Å². The number of likely N-dealkylation sites (tertiary alicyclic amines) is 1. The summed E-state index contributed by atoms with van der Waals surface area (Å²) in [5, 5.41) is 0.594. The Balaban J connectivity index is 1.28. The SMILES string of the molecule is CCN1C(=O)N2Cc3cc(OC)cc(OC)c3[C@@H](C)C=C2C12CCN(C(=O)C1=NC3CC=CC=C3S1)CC2. The molecule has 200 valence electrons. The predicted molar refractivity (Wildman–Crippen MR) is 149 cm³/mol. The van der Waals surface area contributed by atoms with E-state index in [0.29, 0.717) is 44.1 Å². The smallest absolute Gasteiger partial charge is 0.325 e. The molecule has 4 heterocycles. The normalized spacial score (nSPS) is 25.3. The Morgan fingerprint density at radius 1 is 1.21 bits per heavy atom. The highest BCUT2D eigenvalue weighted by Crippen LogP contribution is 2.49. The fourth-order valence-electron chi connectivity index (χ4n) is 6.67. The van der Waals surface area contributed by atoms with Crippen molar-refractivity contribution in [3.63, 3.8) is 0 Å². The minimum absolute atomic E-state index is 0.0110. The first kappa shape index (κ1) is 25.1. The maximum absolute atomic E-state index is 13.8. The van der Waals surface area contributed by atoms with Gasteiger partial charge in [0, 0.05) is 47.8 Å². The van der Waals surface area contributed by atoms with Crippen LogP contribution in [0, 0.1) is 0 Å². The fourth-order valence-corrected chi connectivity index (χ4v) is 7.72. The molecule has 3 amide bonds. The van der Waals surface area contributed by atoms with Gasteiger partial charge in [-0.05, 0) is 37.8 Å². The summed E-state index contributed by atoms with van der Waals surface area (Å²) in [7, 11) is 3.32. The third-order valence-corrected chi connectivity index (χ3v) is 9.66. The molecule has 9 heteroatoms. The van der Waals surface area contributed by atoms with Gasteiger partial charge in [-0.3, -0.25) is 14.7 Å². The van der Waals surface area contributed by atoms with Crippen molar-refractivity contribution in [1.82, 2.24) is 14.7 Å². The Hall–Kier alpha value is -3.20. The molecule has 1 aromatic carbocycles. The van der Waals surface area contributed by atoms with E-state index in [4.69, 9.17) is 14.5 Å². The molecule has 0 radical (unpaired) electrons. The Labute approximate surface area is 228 Å². The number of piperidine rings is 1. The van der Waals surface area contributed by atoms with Crippen LogP contribution in [0.15, 0.2) is 52.0 Å². The number of nitrogens with zero attached hydrogens (tertiary/aromatic N) is 4. The predicted octanol–water partition coefficient (Wildman–Crippen LogP) is 4.68. The number of likely N-dealkylation sites (N-methyl/N-ethyl adjacent to an activating group) is 1. The summed E-state index contributed by atoms with van der Waals surface area (Å²) in [6, 6.07) is 4.05. The molecule has 1 spiro atoms. The first-order chi connectivity index (χ1) is 18.4. The van der Waals surface area contributed by atoms with Gasteiger partial charge in [0.05, 0.1) is 32.3 Å².